The maximum Gasteiger partial charge on any atom is 0.500 e. The molecule has 0 amide bonds. The molecule has 0 aliphatic heterocycles. The van der Waals surface area contributed by atoms with Gasteiger partial charge >= 0.3 is 52.8 Å². The van der Waals surface area contributed by atoms with Crippen molar-refractivity contribution in [1.82, 2.24) is 0 Å². The summed E-state index contributed by atoms with van der Waals surface area (Å²) in [5.41, 5.74) is 0. The normalized spacial score (nSPS) is 19.7. The minimum Gasteiger partial charge on any atom is -0.374 e. The van der Waals surface area contributed by atoms with Crippen LogP contribution in [0.1, 0.15) is 308 Å². The summed E-state index contributed by atoms with van der Waals surface area (Å²) in [6.45, 7) is 60.7. The van der Waals surface area contributed by atoms with Crippen LogP contribution in [0.15, 0.2) is 0 Å². The van der Waals surface area contributed by atoms with Crippen molar-refractivity contribution < 1.29 is 79.7 Å². The Hall–Kier alpha value is 8.98. The maximum atomic E-state index is 7.06. The summed E-state index contributed by atoms with van der Waals surface area (Å²) in [5, 5.41) is 0. The van der Waals surface area contributed by atoms with Gasteiger partial charge in [0.1, 0.15) is 3.41 Å². The first-order chi connectivity index (χ1) is 62.7. The standard InChI is InChI=1S/C84H194O18S24Si6/c1-26-85-127(86-27-2,87-28-3)71-49-65-121(109,115-103)82(25,84(124(112,118-106)68-52-74-130(94-35-10,95-36-11)96-37-12,125(113,119-107)69-53-75-131(97-38-13,98-39-14)99-40-15)126(114,120-108)70-54-76-132(100-41-16,101-42-17)102-43-18)83(122(110,116-104)66-50-72-128(88-29-4,89-30-5)90-31-6,123(111,117-105)67-51-73-129(91-32-7,92-33-8)93-34-9)64-63-81(24)62-48-60-79(22)57-45-44-56-78(21)59-47-61-80(23)58-46-55-77(19)20/h77-81,103-114H,26-76H2,1-25H3. The largest absolute Gasteiger partial charge is 0.500 e. The van der Waals surface area contributed by atoms with Gasteiger partial charge in [0.15, 0.2) is 0 Å². The molecule has 11 atom stereocenters. The van der Waals surface area contributed by atoms with Gasteiger partial charge in [0.2, 0.25) is 0 Å². The average molecular weight is 2430 g/mol. The second kappa shape index (κ2) is 75.7. The predicted octanol–water partition coefficient (Wildman–Crippen LogP) is 33.6. The molecule has 0 rings (SSSR count). The maximum absolute atomic E-state index is 7.06. The van der Waals surface area contributed by atoms with Crippen LogP contribution >= 0.6 is 247 Å². The number of unbranched alkanes of at least 4 members (excludes halogenated alkanes) is 1. The van der Waals surface area contributed by atoms with Gasteiger partial charge in [0, 0.05) is 155 Å². The molecule has 0 N–H and O–H groups in total. The zero-order chi connectivity index (χ0) is 100. The Kier molecular flexibility index (Phi) is 80.9. The van der Waals surface area contributed by atoms with Crippen LogP contribution in [0.25, 0.3) is 0 Å². The van der Waals surface area contributed by atoms with E-state index in [2.05, 4.69) is 48.5 Å². The Bertz CT molecular complexity index is 2610. The second-order valence-corrected chi connectivity index (χ2v) is 103. The third-order valence-corrected chi connectivity index (χ3v) is 116. The summed E-state index contributed by atoms with van der Waals surface area (Å²) >= 11 is 78.2. The number of hydrogen-bond donors (Lipinski definition) is 12. The Morgan fingerprint density at radius 2 is 0.379 bits per heavy atom. The smallest absolute Gasteiger partial charge is 0.374 e. The summed E-state index contributed by atoms with van der Waals surface area (Å²) in [6.07, 6.45) is 20.7. The van der Waals surface area contributed by atoms with E-state index in [9.17, 15) is 0 Å². The molecule has 0 spiro atoms. The van der Waals surface area contributed by atoms with E-state index >= 15 is 0 Å². The monoisotopic (exact) mass is 2430 g/mol. The van der Waals surface area contributed by atoms with Gasteiger partial charge in [-0.1, -0.05) is 125 Å². The number of rotatable bonds is 94. The van der Waals surface area contributed by atoms with Gasteiger partial charge in [-0.2, -0.15) is 0 Å². The third-order valence-electron chi connectivity index (χ3n) is 23.8. The molecule has 806 valence electrons. The Morgan fingerprint density at radius 3 is 0.553 bits per heavy atom. The highest BCUT2D eigenvalue weighted by molar-refractivity contribution is 9.49. The van der Waals surface area contributed by atoms with Gasteiger partial charge in [0.25, 0.3) is 0 Å². The van der Waals surface area contributed by atoms with Crippen LogP contribution in [0.2, 0.25) is 36.3 Å². The molecule has 0 bridgehead atoms. The molecule has 18 nitrogen and oxygen atoms in total. The van der Waals surface area contributed by atoms with E-state index in [1.54, 1.807) is 29.5 Å². The first kappa shape index (κ1) is 141. The highest BCUT2D eigenvalue weighted by Gasteiger charge is 2.85. The fraction of sp³-hybridized carbons (Fsp3) is 1.00. The lowest BCUT2D eigenvalue weighted by molar-refractivity contribution is 0.0704. The third kappa shape index (κ3) is 42.3. The minimum absolute atomic E-state index is 0.159. The SMILES string of the molecule is CCO[Si](CCCS(S)(SS)C(C)(C(CCC(C)CCCC(C)CCCCC(C)CCCC(C)CCCC(C)C)(S(S)(CCC[Si](OCC)(OCC)OCC)SS)S(S)(CCC[Si](OCC)(OCC)OCC)SS)C(S(S)(CCC[Si](OCC)(OCC)OCC)SS)(S(S)(CCC[Si](OCC)(OCC)OCC)SS)S(S)(CCC[Si](OCC)(OCC)OCC)SS)(OCC)OCC. The van der Waals surface area contributed by atoms with Crippen LogP contribution in [-0.4, -0.2) is 219 Å². The molecule has 0 saturated heterocycles. The van der Waals surface area contributed by atoms with Gasteiger partial charge in [0.05, 0.1) is 8.83 Å². The van der Waals surface area contributed by atoms with Gasteiger partial charge < -0.3 is 79.7 Å². The van der Waals surface area contributed by atoms with E-state index in [0.717, 1.165) is 43.4 Å². The van der Waals surface area contributed by atoms with Crippen LogP contribution in [0.3, 0.4) is 0 Å². The van der Waals surface area contributed by atoms with Crippen LogP contribution in [0.4, 0.5) is 0 Å². The lowest BCUT2D eigenvalue weighted by Gasteiger charge is -2.83. The van der Waals surface area contributed by atoms with Gasteiger partial charge in [-0.25, -0.2) is 0 Å². The minimum atomic E-state index is -3.48. The van der Waals surface area contributed by atoms with Gasteiger partial charge in [-0.3, -0.25) is 0 Å². The number of thiol groups is 12. The Labute approximate surface area is 908 Å². The highest BCUT2D eigenvalue weighted by atomic mass is 33.8. The highest BCUT2D eigenvalue weighted by Crippen LogP contribution is 3.12. The van der Waals surface area contributed by atoms with Crippen LogP contribution in [0, 0.1) is 29.6 Å². The number of hydrogen-bond acceptors (Lipinski definition) is 36. The van der Waals surface area contributed by atoms with Crippen molar-refractivity contribution in [2.75, 3.05) is 153 Å². The first-order valence-corrected chi connectivity index (χ1v) is 92.4. The van der Waals surface area contributed by atoms with Crippen molar-refractivity contribution in [1.29, 1.82) is 0 Å². The van der Waals surface area contributed by atoms with E-state index < -0.39 is 114 Å². The Morgan fingerprint density at radius 1 is 0.220 bits per heavy atom. The average Bonchev–Trinajstić information content (AvgIpc) is 0.634. The molecule has 0 aliphatic carbocycles. The molecule has 0 aliphatic rings. The fourth-order valence-electron chi connectivity index (χ4n) is 18.5. The van der Waals surface area contributed by atoms with Crippen LogP contribution < -0.4 is 0 Å². The van der Waals surface area contributed by atoms with Gasteiger partial charge in [-0.05, 0) is 306 Å². The van der Waals surface area contributed by atoms with E-state index in [0.29, 0.717) is 241 Å². The van der Waals surface area contributed by atoms with Crippen molar-refractivity contribution in [3.8, 4) is 0 Å². The Balaban J connectivity index is 12.1. The van der Waals surface area contributed by atoms with E-state index in [-0.39, 0.29) is 5.92 Å². The molecule has 0 radical (unpaired) electrons. The van der Waals surface area contributed by atoms with E-state index in [1.165, 1.54) is 93.7 Å². The van der Waals surface area contributed by atoms with Crippen LogP contribution in [-0.2, 0) is 79.7 Å². The van der Waals surface area contributed by atoms with Crippen molar-refractivity contribution in [2.24, 2.45) is 29.6 Å². The topological polar surface area (TPSA) is 166 Å². The molecule has 0 aromatic heterocycles. The zero-order valence-electron chi connectivity index (χ0n) is 86.1. The van der Waals surface area contributed by atoms with Gasteiger partial charge in [-0.15, -0.1) is 188 Å². The lowest BCUT2D eigenvalue weighted by Crippen LogP contribution is -2.70. The molecule has 48 heteroatoms. The second-order valence-electron chi connectivity index (χ2n) is 33.8. The van der Waals surface area contributed by atoms with Crippen molar-refractivity contribution in [2.45, 2.75) is 356 Å². The molecule has 11 unspecified atom stereocenters. The molecule has 0 aromatic carbocycles. The summed E-state index contributed by atoms with van der Waals surface area (Å²) in [7, 11) is -29.5. The predicted molar refractivity (Wildman–Crippen MR) is 663 cm³/mol. The molecule has 132 heavy (non-hydrogen) atoms. The fourth-order valence-corrected chi connectivity index (χ4v) is 122. The van der Waals surface area contributed by atoms with Crippen molar-refractivity contribution in [3.63, 3.8) is 0 Å². The van der Waals surface area contributed by atoms with E-state index in [4.69, 9.17) is 220 Å². The first-order valence-electron chi connectivity index (χ1n) is 49.4. The van der Waals surface area contributed by atoms with Crippen molar-refractivity contribution in [3.05, 3.63) is 0 Å². The molecule has 0 aromatic rings. The molecule has 0 fully saturated rings. The summed E-state index contributed by atoms with van der Waals surface area (Å²) in [6, 6.07) is 2.81. The summed E-state index contributed by atoms with van der Waals surface area (Å²) in [5.74, 6) is 5.83. The molecule has 0 saturated carbocycles. The van der Waals surface area contributed by atoms with Crippen LogP contribution in [0.5, 0.6) is 0 Å². The van der Waals surface area contributed by atoms with E-state index in [1.807, 2.05) is 125 Å². The lowest BCUT2D eigenvalue weighted by atomic mass is 9.90. The quantitative estimate of drug-likeness (QED) is 0.0120. The molecule has 0 heterocycles. The molecular weight excluding hydrogens is 2240 g/mol. The van der Waals surface area contributed by atoms with Crippen molar-refractivity contribution >= 4 is 300 Å². The summed E-state index contributed by atoms with van der Waals surface area (Å²) < 4.78 is 121. The molecular formula is C84H194O18S24Si6. The zero-order valence-corrected chi connectivity index (χ0v) is 113. The summed E-state index contributed by atoms with van der Waals surface area (Å²) in [4.78, 5) is 0.